The van der Waals surface area contributed by atoms with Crippen LogP contribution in [0.1, 0.15) is 42.2 Å². The number of carboxylic acid groups (broad SMARTS) is 1. The molecule has 3 N–H and O–H groups in total. The Bertz CT molecular complexity index is 601. The van der Waals surface area contributed by atoms with E-state index in [1.807, 2.05) is 13.8 Å². The van der Waals surface area contributed by atoms with Crippen LogP contribution in [0.25, 0.3) is 0 Å². The van der Waals surface area contributed by atoms with Crippen LogP contribution in [0.15, 0.2) is 5.38 Å². The van der Waals surface area contributed by atoms with Gasteiger partial charge in [0.15, 0.2) is 5.69 Å². The molecule has 2 rings (SSSR count). The second-order valence-corrected chi connectivity index (χ2v) is 6.55. The Morgan fingerprint density at radius 3 is 2.83 bits per heavy atom. The van der Waals surface area contributed by atoms with E-state index < -0.39 is 12.0 Å². The minimum Gasteiger partial charge on any atom is -0.476 e. The molecule has 1 fully saturated rings. The number of hydrogen-bond acceptors (Lipinski definition) is 5. The van der Waals surface area contributed by atoms with Crippen LogP contribution in [0.4, 0.5) is 4.79 Å². The van der Waals surface area contributed by atoms with Crippen LogP contribution in [0, 0.1) is 0 Å². The first kappa shape index (κ1) is 17.2. The maximum Gasteiger partial charge on any atom is 0.355 e. The summed E-state index contributed by atoms with van der Waals surface area (Å²) < 4.78 is 0. The summed E-state index contributed by atoms with van der Waals surface area (Å²) in [5.74, 6) is -1.33. The lowest BCUT2D eigenvalue weighted by atomic mass is 10.2. The molecule has 8 nitrogen and oxygen atoms in total. The highest BCUT2D eigenvalue weighted by molar-refractivity contribution is 7.09. The number of nitrogens with one attached hydrogen (secondary N) is 2. The fourth-order valence-electron chi connectivity index (χ4n) is 2.38. The number of aromatic nitrogens is 1. The number of rotatable bonds is 5. The number of likely N-dealkylation sites (tertiary alicyclic amines) is 1. The first-order chi connectivity index (χ1) is 10.9. The predicted octanol–water partition coefficient (Wildman–Crippen LogP) is 1.04. The molecule has 0 aromatic carbocycles. The Balaban J connectivity index is 1.91. The first-order valence-corrected chi connectivity index (χ1v) is 8.29. The molecule has 0 radical (unpaired) electrons. The molecule has 1 aromatic rings. The molecule has 0 saturated carbocycles. The van der Waals surface area contributed by atoms with Gasteiger partial charge in [0.25, 0.3) is 0 Å². The molecule has 3 amide bonds. The van der Waals surface area contributed by atoms with Crippen molar-refractivity contribution in [2.75, 3.05) is 6.54 Å². The molecule has 1 aromatic heterocycles. The number of urea groups is 1. The quantitative estimate of drug-likeness (QED) is 0.741. The van der Waals surface area contributed by atoms with Gasteiger partial charge in [0.05, 0.1) is 6.54 Å². The van der Waals surface area contributed by atoms with Gasteiger partial charge >= 0.3 is 12.0 Å². The number of hydrogen-bond donors (Lipinski definition) is 3. The van der Waals surface area contributed by atoms with E-state index in [9.17, 15) is 14.4 Å². The van der Waals surface area contributed by atoms with Gasteiger partial charge < -0.3 is 20.6 Å². The summed E-state index contributed by atoms with van der Waals surface area (Å²) in [5.41, 5.74) is -0.0296. The fourth-order valence-corrected chi connectivity index (χ4v) is 3.09. The van der Waals surface area contributed by atoms with Crippen LogP contribution >= 0.6 is 11.3 Å². The zero-order chi connectivity index (χ0) is 17.0. The van der Waals surface area contributed by atoms with Crippen LogP contribution in [0.5, 0.6) is 0 Å². The first-order valence-electron chi connectivity index (χ1n) is 7.41. The summed E-state index contributed by atoms with van der Waals surface area (Å²) in [6, 6.07) is -0.718. The van der Waals surface area contributed by atoms with Crippen LogP contribution < -0.4 is 10.6 Å². The predicted molar refractivity (Wildman–Crippen MR) is 84.3 cm³/mol. The van der Waals surface area contributed by atoms with Crippen molar-refractivity contribution in [1.29, 1.82) is 0 Å². The molecule has 0 aliphatic carbocycles. The smallest absolute Gasteiger partial charge is 0.355 e. The Hall–Kier alpha value is -2.16. The summed E-state index contributed by atoms with van der Waals surface area (Å²) in [7, 11) is 0. The zero-order valence-electron chi connectivity index (χ0n) is 13.0. The number of carboxylic acids is 1. The van der Waals surface area contributed by atoms with Crippen LogP contribution in [0.3, 0.4) is 0 Å². The van der Waals surface area contributed by atoms with E-state index in [1.165, 1.54) is 16.7 Å². The Morgan fingerprint density at radius 2 is 2.22 bits per heavy atom. The van der Waals surface area contributed by atoms with Gasteiger partial charge in [-0.3, -0.25) is 4.79 Å². The molecule has 2 heterocycles. The lowest BCUT2D eigenvalue weighted by molar-refractivity contribution is -0.124. The van der Waals surface area contributed by atoms with Crippen molar-refractivity contribution < 1.29 is 19.5 Å². The molecule has 126 valence electrons. The average Bonchev–Trinajstić information content (AvgIpc) is 3.13. The molecule has 9 heteroatoms. The highest BCUT2D eigenvalue weighted by Gasteiger charge is 2.34. The van der Waals surface area contributed by atoms with Crippen LogP contribution in [-0.4, -0.2) is 51.5 Å². The van der Waals surface area contributed by atoms with E-state index in [-0.39, 0.29) is 30.2 Å². The molecule has 1 atom stereocenters. The van der Waals surface area contributed by atoms with Crippen molar-refractivity contribution >= 4 is 29.2 Å². The van der Waals surface area contributed by atoms with E-state index in [4.69, 9.17) is 5.11 Å². The summed E-state index contributed by atoms with van der Waals surface area (Å²) in [5, 5.41) is 16.3. The van der Waals surface area contributed by atoms with E-state index in [0.29, 0.717) is 18.0 Å². The van der Waals surface area contributed by atoms with Crippen LogP contribution in [-0.2, 0) is 11.3 Å². The largest absolute Gasteiger partial charge is 0.476 e. The lowest BCUT2D eigenvalue weighted by Gasteiger charge is -2.25. The highest BCUT2D eigenvalue weighted by Crippen LogP contribution is 2.18. The highest BCUT2D eigenvalue weighted by atomic mass is 32.1. The van der Waals surface area contributed by atoms with Crippen molar-refractivity contribution in [3.05, 3.63) is 16.1 Å². The van der Waals surface area contributed by atoms with Gasteiger partial charge in [0, 0.05) is 18.0 Å². The molecule has 1 saturated heterocycles. The second-order valence-electron chi connectivity index (χ2n) is 5.61. The molecule has 23 heavy (non-hydrogen) atoms. The number of amides is 3. The van der Waals surface area contributed by atoms with E-state index in [1.54, 1.807) is 4.90 Å². The fraction of sp³-hybridized carbons (Fsp3) is 0.571. The third-order valence-electron chi connectivity index (χ3n) is 3.41. The zero-order valence-corrected chi connectivity index (χ0v) is 13.9. The van der Waals surface area contributed by atoms with Crippen molar-refractivity contribution in [2.45, 2.75) is 45.3 Å². The number of carbonyl (C=O) groups excluding carboxylic acids is 2. The third-order valence-corrected chi connectivity index (χ3v) is 4.26. The summed E-state index contributed by atoms with van der Waals surface area (Å²) in [6.07, 6.45) is 1.40. The summed E-state index contributed by atoms with van der Waals surface area (Å²) >= 11 is 1.18. The van der Waals surface area contributed by atoms with Crippen molar-refractivity contribution in [1.82, 2.24) is 20.5 Å². The molecule has 1 aliphatic heterocycles. The van der Waals surface area contributed by atoms with Crippen LogP contribution in [0.2, 0.25) is 0 Å². The number of nitrogens with zero attached hydrogens (tertiary/aromatic N) is 2. The molecule has 1 aliphatic rings. The van der Waals surface area contributed by atoms with Gasteiger partial charge in [-0.2, -0.15) is 0 Å². The van der Waals surface area contributed by atoms with Gasteiger partial charge in [0.1, 0.15) is 11.0 Å². The molecule has 0 bridgehead atoms. The minimum atomic E-state index is -1.09. The number of aromatic carboxylic acids is 1. The van der Waals surface area contributed by atoms with Crippen molar-refractivity contribution in [2.24, 2.45) is 0 Å². The maximum absolute atomic E-state index is 12.3. The standard InChI is InChI=1S/C14H20N4O4S/c1-8(2)16-14(22)18-5-3-4-10(18)12(19)15-6-11-17-9(7-23-11)13(20)21/h7-8,10H,3-6H2,1-2H3,(H,15,19)(H,16,22)(H,20,21)/t10-/m0/s1. The third kappa shape index (κ3) is 4.41. The molecular formula is C14H20N4O4S. The number of carbonyl (C=O) groups is 3. The Labute approximate surface area is 137 Å². The Kier molecular flexibility index (Phi) is 5.54. The van der Waals surface area contributed by atoms with E-state index in [0.717, 1.165) is 6.42 Å². The summed E-state index contributed by atoms with van der Waals surface area (Å²) in [4.78, 5) is 40.6. The Morgan fingerprint density at radius 1 is 1.48 bits per heavy atom. The number of thiazole rings is 1. The van der Waals surface area contributed by atoms with Crippen molar-refractivity contribution in [3.8, 4) is 0 Å². The SMILES string of the molecule is CC(C)NC(=O)N1CCC[C@H]1C(=O)NCc1nc(C(=O)O)cs1. The average molecular weight is 340 g/mol. The molecule has 0 unspecified atom stereocenters. The second kappa shape index (κ2) is 7.40. The van der Waals surface area contributed by atoms with Gasteiger partial charge in [-0.05, 0) is 26.7 Å². The van der Waals surface area contributed by atoms with Crippen molar-refractivity contribution in [3.63, 3.8) is 0 Å². The van der Waals surface area contributed by atoms with Gasteiger partial charge in [0.2, 0.25) is 5.91 Å². The van der Waals surface area contributed by atoms with Gasteiger partial charge in [-0.1, -0.05) is 0 Å². The normalized spacial score (nSPS) is 17.3. The summed E-state index contributed by atoms with van der Waals surface area (Å²) in [6.45, 7) is 4.45. The minimum absolute atomic E-state index is 0.0107. The molecule has 0 spiro atoms. The molecular weight excluding hydrogens is 320 g/mol. The van der Waals surface area contributed by atoms with E-state index in [2.05, 4.69) is 15.6 Å². The van der Waals surface area contributed by atoms with Gasteiger partial charge in [-0.15, -0.1) is 11.3 Å². The van der Waals surface area contributed by atoms with Gasteiger partial charge in [-0.25, -0.2) is 14.6 Å². The monoisotopic (exact) mass is 340 g/mol. The lowest BCUT2D eigenvalue weighted by Crippen LogP contribution is -2.50. The topological polar surface area (TPSA) is 112 Å². The maximum atomic E-state index is 12.3. The van der Waals surface area contributed by atoms with E-state index >= 15 is 0 Å².